The summed E-state index contributed by atoms with van der Waals surface area (Å²) in [6, 6.07) is 10.9. The maximum atomic E-state index is 13.3. The van der Waals surface area contributed by atoms with E-state index in [1.54, 1.807) is 26.4 Å². The minimum absolute atomic E-state index is 0.169. The standard InChI is InChI=1S/C23H26N2O5/c1-14-15(2)24-21-7-6-17(10-20(14)21)23(27)25(13-22(26)30-5)12-16-8-18(28-3)11-19(9-16)29-4/h6-11,24H,12-13H2,1-5H3. The summed E-state index contributed by atoms with van der Waals surface area (Å²) in [6.07, 6.45) is 0. The van der Waals surface area contributed by atoms with E-state index in [-0.39, 0.29) is 19.0 Å². The van der Waals surface area contributed by atoms with Crippen LogP contribution in [0.4, 0.5) is 0 Å². The van der Waals surface area contributed by atoms with Gasteiger partial charge in [-0.15, -0.1) is 0 Å². The number of ether oxygens (including phenoxy) is 3. The molecule has 7 nitrogen and oxygen atoms in total. The van der Waals surface area contributed by atoms with Crippen molar-refractivity contribution in [2.45, 2.75) is 20.4 Å². The van der Waals surface area contributed by atoms with Gasteiger partial charge in [0, 0.05) is 34.8 Å². The van der Waals surface area contributed by atoms with Crippen molar-refractivity contribution < 1.29 is 23.8 Å². The maximum absolute atomic E-state index is 13.3. The van der Waals surface area contributed by atoms with Gasteiger partial charge in [-0.3, -0.25) is 9.59 Å². The van der Waals surface area contributed by atoms with Crippen molar-refractivity contribution in [2.75, 3.05) is 27.9 Å². The van der Waals surface area contributed by atoms with Gasteiger partial charge in [0.05, 0.1) is 21.3 Å². The first kappa shape index (κ1) is 21.2. The number of carbonyl (C=O) groups excluding carboxylic acids is 2. The van der Waals surface area contributed by atoms with E-state index >= 15 is 0 Å². The van der Waals surface area contributed by atoms with Crippen LogP contribution in [0, 0.1) is 13.8 Å². The van der Waals surface area contributed by atoms with E-state index in [0.29, 0.717) is 17.1 Å². The van der Waals surface area contributed by atoms with Crippen molar-refractivity contribution in [2.24, 2.45) is 0 Å². The van der Waals surface area contributed by atoms with Crippen LogP contribution in [-0.2, 0) is 16.1 Å². The number of aromatic amines is 1. The predicted octanol–water partition coefficient (Wildman–Crippen LogP) is 3.62. The molecule has 0 saturated heterocycles. The fourth-order valence-corrected chi connectivity index (χ4v) is 3.37. The Morgan fingerprint density at radius 1 is 0.967 bits per heavy atom. The van der Waals surface area contributed by atoms with Gasteiger partial charge in [0.25, 0.3) is 5.91 Å². The Kier molecular flexibility index (Phi) is 6.30. The quantitative estimate of drug-likeness (QED) is 0.602. The molecule has 0 aliphatic heterocycles. The van der Waals surface area contributed by atoms with Gasteiger partial charge in [0.1, 0.15) is 18.0 Å². The fourth-order valence-electron chi connectivity index (χ4n) is 3.37. The molecular formula is C23H26N2O5. The number of esters is 1. The van der Waals surface area contributed by atoms with Gasteiger partial charge in [-0.05, 0) is 55.3 Å². The molecule has 7 heteroatoms. The molecule has 0 saturated carbocycles. The highest BCUT2D eigenvalue weighted by molar-refractivity contribution is 6.00. The number of aryl methyl sites for hydroxylation is 2. The first-order valence-electron chi connectivity index (χ1n) is 9.53. The lowest BCUT2D eigenvalue weighted by molar-refractivity contribution is -0.141. The highest BCUT2D eigenvalue weighted by Gasteiger charge is 2.21. The second-order valence-electron chi connectivity index (χ2n) is 7.09. The lowest BCUT2D eigenvalue weighted by Gasteiger charge is -2.22. The highest BCUT2D eigenvalue weighted by Crippen LogP contribution is 2.26. The molecule has 1 N–H and O–H groups in total. The zero-order chi connectivity index (χ0) is 21.8. The number of rotatable bonds is 7. The van der Waals surface area contributed by atoms with Gasteiger partial charge in [-0.1, -0.05) is 0 Å². The molecule has 0 unspecified atom stereocenters. The summed E-state index contributed by atoms with van der Waals surface area (Å²) in [7, 11) is 4.43. The monoisotopic (exact) mass is 410 g/mol. The summed E-state index contributed by atoms with van der Waals surface area (Å²) >= 11 is 0. The van der Waals surface area contributed by atoms with Gasteiger partial charge >= 0.3 is 5.97 Å². The van der Waals surface area contributed by atoms with Crippen molar-refractivity contribution in [3.63, 3.8) is 0 Å². The van der Waals surface area contributed by atoms with Gasteiger partial charge in [-0.2, -0.15) is 0 Å². The van der Waals surface area contributed by atoms with Crippen LogP contribution < -0.4 is 9.47 Å². The van der Waals surface area contributed by atoms with Crippen molar-refractivity contribution in [3.05, 3.63) is 58.8 Å². The number of hydrogen-bond donors (Lipinski definition) is 1. The van der Waals surface area contributed by atoms with E-state index in [0.717, 1.165) is 27.7 Å². The predicted molar refractivity (Wildman–Crippen MR) is 114 cm³/mol. The van der Waals surface area contributed by atoms with Crippen molar-refractivity contribution >= 4 is 22.8 Å². The van der Waals surface area contributed by atoms with Gasteiger partial charge in [-0.25, -0.2) is 0 Å². The third-order valence-electron chi connectivity index (χ3n) is 5.17. The molecule has 0 radical (unpaired) electrons. The summed E-state index contributed by atoms with van der Waals surface area (Å²) in [5.41, 5.74) is 4.40. The molecule has 1 amide bonds. The number of carbonyl (C=O) groups is 2. The van der Waals surface area contributed by atoms with Crippen LogP contribution in [-0.4, -0.2) is 49.6 Å². The zero-order valence-corrected chi connectivity index (χ0v) is 17.9. The van der Waals surface area contributed by atoms with E-state index < -0.39 is 5.97 Å². The van der Waals surface area contributed by atoms with Crippen LogP contribution in [0.15, 0.2) is 36.4 Å². The third-order valence-corrected chi connectivity index (χ3v) is 5.17. The summed E-state index contributed by atoms with van der Waals surface area (Å²) in [5.74, 6) is 0.458. The van der Waals surface area contributed by atoms with Gasteiger partial charge in [0.15, 0.2) is 0 Å². The van der Waals surface area contributed by atoms with E-state index in [1.165, 1.54) is 12.0 Å². The van der Waals surface area contributed by atoms with Crippen molar-refractivity contribution in [1.82, 2.24) is 9.88 Å². The van der Waals surface area contributed by atoms with E-state index in [9.17, 15) is 9.59 Å². The Morgan fingerprint density at radius 3 is 2.23 bits per heavy atom. The molecule has 0 spiro atoms. The number of methoxy groups -OCH3 is 3. The summed E-state index contributed by atoms with van der Waals surface area (Å²) in [4.78, 5) is 30.1. The second kappa shape index (κ2) is 8.90. The van der Waals surface area contributed by atoms with Crippen LogP contribution in [0.5, 0.6) is 11.5 Å². The van der Waals surface area contributed by atoms with E-state index in [4.69, 9.17) is 14.2 Å². The second-order valence-corrected chi connectivity index (χ2v) is 7.09. The van der Waals surface area contributed by atoms with E-state index in [1.807, 2.05) is 38.1 Å². The summed E-state index contributed by atoms with van der Waals surface area (Å²) < 4.78 is 15.4. The molecule has 3 aromatic rings. The van der Waals surface area contributed by atoms with Crippen LogP contribution in [0.2, 0.25) is 0 Å². The van der Waals surface area contributed by atoms with Gasteiger partial charge < -0.3 is 24.1 Å². The minimum atomic E-state index is -0.493. The number of aromatic nitrogens is 1. The maximum Gasteiger partial charge on any atom is 0.325 e. The number of fused-ring (bicyclic) bond motifs is 1. The largest absolute Gasteiger partial charge is 0.497 e. The Morgan fingerprint density at radius 2 is 1.63 bits per heavy atom. The molecule has 2 aromatic carbocycles. The Bertz CT molecular complexity index is 1060. The smallest absolute Gasteiger partial charge is 0.325 e. The van der Waals surface area contributed by atoms with E-state index in [2.05, 4.69) is 4.98 Å². The molecule has 158 valence electrons. The number of amides is 1. The normalized spacial score (nSPS) is 10.7. The number of hydrogen-bond acceptors (Lipinski definition) is 5. The van der Waals surface area contributed by atoms with Crippen LogP contribution in [0.25, 0.3) is 10.9 Å². The summed E-state index contributed by atoms with van der Waals surface area (Å²) in [6.45, 7) is 4.04. The van der Waals surface area contributed by atoms with Crippen LogP contribution in [0.3, 0.4) is 0 Å². The molecular weight excluding hydrogens is 384 g/mol. The average molecular weight is 410 g/mol. The number of nitrogens with one attached hydrogen (secondary N) is 1. The highest BCUT2D eigenvalue weighted by atomic mass is 16.5. The molecule has 1 heterocycles. The topological polar surface area (TPSA) is 80.9 Å². The summed E-state index contributed by atoms with van der Waals surface area (Å²) in [5, 5.41) is 0.986. The number of H-pyrrole nitrogens is 1. The molecule has 0 aliphatic carbocycles. The first-order valence-corrected chi connectivity index (χ1v) is 9.53. The molecule has 1 aromatic heterocycles. The molecule has 0 atom stereocenters. The lowest BCUT2D eigenvalue weighted by Crippen LogP contribution is -2.35. The van der Waals surface area contributed by atoms with Crippen molar-refractivity contribution in [1.29, 1.82) is 0 Å². The van der Waals surface area contributed by atoms with Gasteiger partial charge in [0.2, 0.25) is 0 Å². The lowest BCUT2D eigenvalue weighted by atomic mass is 10.1. The first-order chi connectivity index (χ1) is 14.4. The molecule has 0 bridgehead atoms. The van der Waals surface area contributed by atoms with Crippen LogP contribution >= 0.6 is 0 Å². The molecule has 0 aliphatic rings. The average Bonchev–Trinajstić information content (AvgIpc) is 3.05. The van der Waals surface area contributed by atoms with Crippen LogP contribution in [0.1, 0.15) is 27.2 Å². The third kappa shape index (κ3) is 4.40. The Labute approximate surface area is 175 Å². The molecule has 0 fully saturated rings. The minimum Gasteiger partial charge on any atom is -0.497 e. The number of nitrogens with zero attached hydrogens (tertiary/aromatic N) is 1. The Hall–Kier alpha value is -3.48. The zero-order valence-electron chi connectivity index (χ0n) is 17.9. The molecule has 30 heavy (non-hydrogen) atoms. The fraction of sp³-hybridized carbons (Fsp3) is 0.304. The SMILES string of the molecule is COC(=O)CN(Cc1cc(OC)cc(OC)c1)C(=O)c1ccc2[nH]c(C)c(C)c2c1. The molecule has 3 rings (SSSR count). The number of benzene rings is 2. The van der Waals surface area contributed by atoms with Crippen molar-refractivity contribution in [3.8, 4) is 11.5 Å². The Balaban J connectivity index is 1.96.